The van der Waals surface area contributed by atoms with Crippen LogP contribution in [0.4, 0.5) is 5.69 Å². The number of anilines is 1. The number of imide groups is 1. The number of carbonyl (C=O) groups excluding carboxylic acids is 4. The van der Waals surface area contributed by atoms with E-state index in [0.717, 1.165) is 4.90 Å². The third-order valence-electron chi connectivity index (χ3n) is 4.97. The number of hydrogen-bond acceptors (Lipinski definition) is 8. The van der Waals surface area contributed by atoms with Gasteiger partial charge in [0.25, 0.3) is 11.8 Å². The Morgan fingerprint density at radius 3 is 2.64 bits per heavy atom. The molecule has 1 aliphatic heterocycles. The molecule has 1 aliphatic rings. The molecule has 2 aromatic carbocycles. The van der Waals surface area contributed by atoms with Crippen LogP contribution in [-0.4, -0.2) is 47.7 Å². The summed E-state index contributed by atoms with van der Waals surface area (Å²) in [5.74, 6) is -1.20. The highest BCUT2D eigenvalue weighted by atomic mass is 32.1. The Labute approximate surface area is 193 Å². The number of hydrogen-bond donors (Lipinski definition) is 1. The average Bonchev–Trinajstić information content (AvgIpc) is 3.35. The van der Waals surface area contributed by atoms with Gasteiger partial charge < -0.3 is 14.8 Å². The molecular formula is C23H19N3O6S. The Kier molecular flexibility index (Phi) is 6.18. The fourth-order valence-corrected chi connectivity index (χ4v) is 4.06. The number of amides is 3. The molecule has 0 saturated heterocycles. The summed E-state index contributed by atoms with van der Waals surface area (Å²) in [6, 6.07) is 11.3. The highest BCUT2D eigenvalue weighted by molar-refractivity contribution is 7.09. The van der Waals surface area contributed by atoms with Crippen LogP contribution in [0.25, 0.3) is 0 Å². The second kappa shape index (κ2) is 9.21. The molecule has 3 aromatic rings. The van der Waals surface area contributed by atoms with Crippen LogP contribution in [0.5, 0.6) is 5.75 Å². The van der Waals surface area contributed by atoms with E-state index < -0.39 is 17.8 Å². The van der Waals surface area contributed by atoms with E-state index in [-0.39, 0.29) is 35.6 Å². The molecule has 1 N–H and O–H groups in total. The van der Waals surface area contributed by atoms with Gasteiger partial charge in [0.15, 0.2) is 0 Å². The molecule has 3 amide bonds. The first kappa shape index (κ1) is 22.2. The van der Waals surface area contributed by atoms with Crippen molar-refractivity contribution < 1.29 is 28.7 Å². The third-order valence-corrected chi connectivity index (χ3v) is 5.87. The smallest absolute Gasteiger partial charge is 0.338 e. The minimum Gasteiger partial charge on any atom is -0.495 e. The van der Waals surface area contributed by atoms with E-state index >= 15 is 0 Å². The number of nitrogens with one attached hydrogen (secondary N) is 1. The van der Waals surface area contributed by atoms with Gasteiger partial charge in [-0.25, -0.2) is 9.78 Å². The summed E-state index contributed by atoms with van der Waals surface area (Å²) >= 11 is 1.28. The number of methoxy groups -OCH3 is 1. The Balaban J connectivity index is 1.34. The Morgan fingerprint density at radius 2 is 1.85 bits per heavy atom. The van der Waals surface area contributed by atoms with E-state index in [1.165, 1.54) is 43.7 Å². The zero-order valence-corrected chi connectivity index (χ0v) is 18.6. The van der Waals surface area contributed by atoms with E-state index in [4.69, 9.17) is 9.47 Å². The molecule has 10 heteroatoms. The van der Waals surface area contributed by atoms with Crippen LogP contribution in [0.3, 0.4) is 0 Å². The molecule has 33 heavy (non-hydrogen) atoms. The van der Waals surface area contributed by atoms with E-state index in [1.807, 2.05) is 6.07 Å². The van der Waals surface area contributed by atoms with E-state index in [9.17, 15) is 19.2 Å². The monoisotopic (exact) mass is 465 g/mol. The Bertz CT molecular complexity index is 1270. The van der Waals surface area contributed by atoms with Crippen molar-refractivity contribution in [3.63, 3.8) is 0 Å². The number of ether oxygens (including phenoxy) is 2. The maximum atomic E-state index is 12.4. The predicted molar refractivity (Wildman–Crippen MR) is 119 cm³/mol. The lowest BCUT2D eigenvalue weighted by Crippen LogP contribution is -2.24. The van der Waals surface area contributed by atoms with Crippen molar-refractivity contribution in [3.8, 4) is 5.75 Å². The standard InChI is InChI=1S/C23H19N3O6S/c1-26-21(28)15-8-7-13(9-16(15)22(26)29)23(30)32-11-14-12-33-20(24-14)10-19(27)25-17-5-3-4-6-18(17)31-2/h3-9,12H,10-11H2,1-2H3,(H,25,27). The molecule has 0 bridgehead atoms. The number of carbonyl (C=O) groups is 4. The maximum Gasteiger partial charge on any atom is 0.338 e. The minimum atomic E-state index is -0.643. The molecule has 0 radical (unpaired) electrons. The minimum absolute atomic E-state index is 0.0607. The molecule has 0 aliphatic carbocycles. The molecule has 0 saturated carbocycles. The number of fused-ring (bicyclic) bond motifs is 1. The Hall–Kier alpha value is -4.05. The average molecular weight is 465 g/mol. The van der Waals surface area contributed by atoms with Gasteiger partial charge >= 0.3 is 5.97 Å². The maximum absolute atomic E-state index is 12.4. The van der Waals surface area contributed by atoms with Crippen molar-refractivity contribution in [3.05, 3.63) is 75.2 Å². The molecule has 0 unspecified atom stereocenters. The SMILES string of the molecule is COc1ccccc1NC(=O)Cc1nc(COC(=O)c2ccc3c(c2)C(=O)N(C)C3=O)cs1. The van der Waals surface area contributed by atoms with Crippen LogP contribution in [0.15, 0.2) is 47.8 Å². The summed E-state index contributed by atoms with van der Waals surface area (Å²) in [7, 11) is 2.91. The summed E-state index contributed by atoms with van der Waals surface area (Å²) in [6.07, 6.45) is 0.0607. The highest BCUT2D eigenvalue weighted by Crippen LogP contribution is 2.24. The van der Waals surface area contributed by atoms with Gasteiger partial charge in [-0.15, -0.1) is 11.3 Å². The quantitative estimate of drug-likeness (QED) is 0.421. The first-order valence-electron chi connectivity index (χ1n) is 9.87. The van der Waals surface area contributed by atoms with Gasteiger partial charge in [-0.1, -0.05) is 12.1 Å². The largest absolute Gasteiger partial charge is 0.495 e. The van der Waals surface area contributed by atoms with Gasteiger partial charge in [0.2, 0.25) is 5.91 Å². The normalized spacial score (nSPS) is 12.5. The number of aromatic nitrogens is 1. The second-order valence-corrected chi connectivity index (χ2v) is 8.11. The summed E-state index contributed by atoms with van der Waals surface area (Å²) in [6.45, 7) is -0.0900. The highest BCUT2D eigenvalue weighted by Gasteiger charge is 2.33. The van der Waals surface area contributed by atoms with Crippen LogP contribution in [0, 0.1) is 0 Å². The van der Waals surface area contributed by atoms with Gasteiger partial charge in [0.05, 0.1) is 41.6 Å². The number of rotatable bonds is 7. The van der Waals surface area contributed by atoms with Gasteiger partial charge in [-0.05, 0) is 30.3 Å². The lowest BCUT2D eigenvalue weighted by atomic mass is 10.1. The van der Waals surface area contributed by atoms with E-state index in [2.05, 4.69) is 10.3 Å². The fraction of sp³-hybridized carbons (Fsp3) is 0.174. The number of esters is 1. The van der Waals surface area contributed by atoms with Gasteiger partial charge in [-0.3, -0.25) is 19.3 Å². The topological polar surface area (TPSA) is 115 Å². The van der Waals surface area contributed by atoms with Crippen LogP contribution in [0.1, 0.15) is 41.8 Å². The fourth-order valence-electron chi connectivity index (χ4n) is 3.29. The van der Waals surface area contributed by atoms with Crippen molar-refractivity contribution in [2.24, 2.45) is 0 Å². The van der Waals surface area contributed by atoms with Gasteiger partial charge in [0, 0.05) is 12.4 Å². The lowest BCUT2D eigenvalue weighted by Gasteiger charge is -2.08. The molecular weight excluding hydrogens is 446 g/mol. The molecule has 0 fully saturated rings. The second-order valence-electron chi connectivity index (χ2n) is 7.16. The number of para-hydroxylation sites is 2. The van der Waals surface area contributed by atoms with Crippen molar-refractivity contribution in [1.82, 2.24) is 9.88 Å². The molecule has 1 aromatic heterocycles. The molecule has 0 atom stereocenters. The van der Waals surface area contributed by atoms with Crippen molar-refractivity contribution >= 4 is 40.7 Å². The van der Waals surface area contributed by atoms with Crippen LogP contribution >= 0.6 is 11.3 Å². The zero-order chi connectivity index (χ0) is 23.5. The lowest BCUT2D eigenvalue weighted by molar-refractivity contribution is -0.115. The summed E-state index contributed by atoms with van der Waals surface area (Å²) in [5.41, 5.74) is 1.66. The van der Waals surface area contributed by atoms with E-state index in [1.54, 1.807) is 23.6 Å². The van der Waals surface area contributed by atoms with Gasteiger partial charge in [0.1, 0.15) is 17.4 Å². The molecule has 168 valence electrons. The molecule has 9 nitrogen and oxygen atoms in total. The summed E-state index contributed by atoms with van der Waals surface area (Å²) < 4.78 is 10.5. The van der Waals surface area contributed by atoms with Crippen LogP contribution < -0.4 is 10.1 Å². The number of thiazole rings is 1. The molecule has 4 rings (SSSR count). The molecule has 0 spiro atoms. The summed E-state index contributed by atoms with van der Waals surface area (Å²) in [5, 5.41) is 5.06. The first-order valence-corrected chi connectivity index (χ1v) is 10.7. The predicted octanol–water partition coefficient (Wildman–Crippen LogP) is 2.92. The summed E-state index contributed by atoms with van der Waals surface area (Å²) in [4.78, 5) is 54.1. The third kappa shape index (κ3) is 4.60. The van der Waals surface area contributed by atoms with Crippen molar-refractivity contribution in [2.45, 2.75) is 13.0 Å². The van der Waals surface area contributed by atoms with E-state index in [0.29, 0.717) is 22.1 Å². The zero-order valence-electron chi connectivity index (χ0n) is 17.8. The van der Waals surface area contributed by atoms with Crippen LogP contribution in [-0.2, 0) is 22.6 Å². The van der Waals surface area contributed by atoms with Crippen molar-refractivity contribution in [1.29, 1.82) is 0 Å². The number of nitrogens with zero attached hydrogens (tertiary/aromatic N) is 2. The number of benzene rings is 2. The van der Waals surface area contributed by atoms with Gasteiger partial charge in [-0.2, -0.15) is 0 Å². The van der Waals surface area contributed by atoms with Crippen molar-refractivity contribution in [2.75, 3.05) is 19.5 Å². The molecule has 2 heterocycles. The first-order chi connectivity index (χ1) is 15.9. The van der Waals surface area contributed by atoms with Crippen LogP contribution in [0.2, 0.25) is 0 Å². The Morgan fingerprint density at radius 1 is 1.09 bits per heavy atom.